The van der Waals surface area contributed by atoms with Gasteiger partial charge in [0.25, 0.3) is 0 Å². The summed E-state index contributed by atoms with van der Waals surface area (Å²) in [6.07, 6.45) is 3.19. The minimum absolute atomic E-state index is 0.692. The van der Waals surface area contributed by atoms with Crippen molar-refractivity contribution in [1.82, 2.24) is 4.57 Å². The molecule has 2 heteroatoms. The summed E-state index contributed by atoms with van der Waals surface area (Å²) in [5.41, 5.74) is 12.4. The van der Waals surface area contributed by atoms with Crippen LogP contribution in [-0.4, -0.2) is 11.1 Å². The van der Waals surface area contributed by atoms with E-state index in [-0.39, 0.29) is 0 Å². The Morgan fingerprint density at radius 3 is 2.43 bits per heavy atom. The zero-order valence-corrected chi connectivity index (χ0v) is 12.8. The Bertz CT molecular complexity index is 748. The number of hydrogen-bond donors (Lipinski definition) is 1. The molecule has 0 bridgehead atoms. The first-order chi connectivity index (χ1) is 10.2. The second kappa shape index (κ2) is 5.74. The van der Waals surface area contributed by atoms with Crippen LogP contribution in [0.5, 0.6) is 0 Å². The summed E-state index contributed by atoms with van der Waals surface area (Å²) in [6.45, 7) is 5.92. The summed E-state index contributed by atoms with van der Waals surface area (Å²) in [7, 11) is 0. The first-order valence-corrected chi connectivity index (χ1v) is 7.51. The summed E-state index contributed by atoms with van der Waals surface area (Å²) in [4.78, 5) is 0. The third-order valence-corrected chi connectivity index (χ3v) is 3.92. The highest BCUT2D eigenvalue weighted by Gasteiger charge is 2.08. The maximum atomic E-state index is 5.74. The molecule has 0 aliphatic carbocycles. The SMILES string of the molecule is Cc1cc(C)cc(Cn2cc(CCN)c3ccccc32)c1. The number of nitrogens with zero attached hydrogens (tertiary/aromatic N) is 1. The summed E-state index contributed by atoms with van der Waals surface area (Å²) in [5, 5.41) is 1.33. The maximum absolute atomic E-state index is 5.74. The first kappa shape index (κ1) is 13.9. The Hall–Kier alpha value is -2.06. The lowest BCUT2D eigenvalue weighted by atomic mass is 10.1. The van der Waals surface area contributed by atoms with Crippen LogP contribution < -0.4 is 5.73 Å². The van der Waals surface area contributed by atoms with Gasteiger partial charge in [-0.1, -0.05) is 47.5 Å². The Balaban J connectivity index is 2.04. The van der Waals surface area contributed by atoms with Gasteiger partial charge in [-0.15, -0.1) is 0 Å². The molecule has 0 atom stereocenters. The number of aryl methyl sites for hydroxylation is 2. The Morgan fingerprint density at radius 1 is 1.00 bits per heavy atom. The van der Waals surface area contributed by atoms with E-state index in [0.717, 1.165) is 13.0 Å². The lowest BCUT2D eigenvalue weighted by Gasteiger charge is -2.08. The van der Waals surface area contributed by atoms with Gasteiger partial charge in [-0.05, 0) is 44.0 Å². The Morgan fingerprint density at radius 2 is 1.71 bits per heavy atom. The number of aromatic nitrogens is 1. The van der Waals surface area contributed by atoms with E-state index in [0.29, 0.717) is 6.54 Å². The van der Waals surface area contributed by atoms with Crippen molar-refractivity contribution in [2.45, 2.75) is 26.8 Å². The highest BCUT2D eigenvalue weighted by atomic mass is 15.0. The van der Waals surface area contributed by atoms with Crippen molar-refractivity contribution in [3.63, 3.8) is 0 Å². The van der Waals surface area contributed by atoms with Crippen molar-refractivity contribution >= 4 is 10.9 Å². The quantitative estimate of drug-likeness (QED) is 0.773. The van der Waals surface area contributed by atoms with E-state index < -0.39 is 0 Å². The average molecular weight is 278 g/mol. The largest absolute Gasteiger partial charge is 0.343 e. The molecular formula is C19H22N2. The van der Waals surface area contributed by atoms with Gasteiger partial charge in [-0.2, -0.15) is 0 Å². The number of benzene rings is 2. The van der Waals surface area contributed by atoms with Crippen LogP contribution in [0.15, 0.2) is 48.7 Å². The van der Waals surface area contributed by atoms with E-state index in [2.05, 4.69) is 67.1 Å². The van der Waals surface area contributed by atoms with Gasteiger partial charge in [0.1, 0.15) is 0 Å². The fourth-order valence-corrected chi connectivity index (χ4v) is 3.17. The molecule has 1 heterocycles. The number of nitrogens with two attached hydrogens (primary N) is 1. The number of rotatable bonds is 4. The van der Waals surface area contributed by atoms with Crippen LogP contribution in [0.3, 0.4) is 0 Å². The van der Waals surface area contributed by atoms with E-state index in [4.69, 9.17) is 5.73 Å². The molecule has 108 valence electrons. The minimum Gasteiger partial charge on any atom is -0.343 e. The van der Waals surface area contributed by atoms with Crippen LogP contribution in [0.1, 0.15) is 22.3 Å². The highest BCUT2D eigenvalue weighted by Crippen LogP contribution is 2.23. The monoisotopic (exact) mass is 278 g/mol. The molecule has 0 saturated heterocycles. The topological polar surface area (TPSA) is 30.9 Å². The van der Waals surface area contributed by atoms with Gasteiger partial charge in [-0.3, -0.25) is 0 Å². The summed E-state index contributed by atoms with van der Waals surface area (Å²) >= 11 is 0. The third kappa shape index (κ3) is 2.86. The number of para-hydroxylation sites is 1. The predicted octanol–water partition coefficient (Wildman–Crippen LogP) is 3.81. The van der Waals surface area contributed by atoms with E-state index >= 15 is 0 Å². The lowest BCUT2D eigenvalue weighted by molar-refractivity contribution is 0.825. The van der Waals surface area contributed by atoms with E-state index in [1.807, 2.05) is 0 Å². The fourth-order valence-electron chi connectivity index (χ4n) is 3.17. The van der Waals surface area contributed by atoms with Crippen LogP contribution in [0.25, 0.3) is 10.9 Å². The molecule has 2 nitrogen and oxygen atoms in total. The third-order valence-electron chi connectivity index (χ3n) is 3.92. The molecule has 2 aromatic carbocycles. The van der Waals surface area contributed by atoms with E-state index in [1.54, 1.807) is 0 Å². The number of fused-ring (bicyclic) bond motifs is 1. The van der Waals surface area contributed by atoms with Gasteiger partial charge < -0.3 is 10.3 Å². The molecule has 21 heavy (non-hydrogen) atoms. The van der Waals surface area contributed by atoms with Gasteiger partial charge in [0.05, 0.1) is 0 Å². The molecule has 0 saturated carbocycles. The van der Waals surface area contributed by atoms with Crippen LogP contribution in [-0.2, 0) is 13.0 Å². The van der Waals surface area contributed by atoms with E-state index in [9.17, 15) is 0 Å². The second-order valence-electron chi connectivity index (χ2n) is 5.83. The maximum Gasteiger partial charge on any atom is 0.0486 e. The molecule has 0 aliphatic heterocycles. The smallest absolute Gasteiger partial charge is 0.0486 e. The molecule has 1 aromatic heterocycles. The van der Waals surface area contributed by atoms with Gasteiger partial charge in [-0.25, -0.2) is 0 Å². The molecule has 2 N–H and O–H groups in total. The molecular weight excluding hydrogens is 256 g/mol. The summed E-state index contributed by atoms with van der Waals surface area (Å²) in [5.74, 6) is 0. The number of hydrogen-bond acceptors (Lipinski definition) is 1. The zero-order valence-electron chi connectivity index (χ0n) is 12.8. The van der Waals surface area contributed by atoms with Crippen molar-refractivity contribution in [2.75, 3.05) is 6.54 Å². The Labute approximate surface area is 126 Å². The molecule has 0 fully saturated rings. The van der Waals surface area contributed by atoms with Crippen molar-refractivity contribution in [3.05, 3.63) is 70.9 Å². The standard InChI is InChI=1S/C19H22N2/c1-14-9-15(2)11-16(10-14)12-21-13-17(7-8-20)18-5-3-4-6-19(18)21/h3-6,9-11,13H,7-8,12,20H2,1-2H3. The molecule has 0 aliphatic rings. The van der Waals surface area contributed by atoms with Crippen molar-refractivity contribution in [3.8, 4) is 0 Å². The van der Waals surface area contributed by atoms with Crippen LogP contribution in [0, 0.1) is 13.8 Å². The average Bonchev–Trinajstić information content (AvgIpc) is 2.77. The molecule has 0 spiro atoms. The fraction of sp³-hybridized carbons (Fsp3) is 0.263. The Kier molecular flexibility index (Phi) is 3.80. The van der Waals surface area contributed by atoms with Crippen molar-refractivity contribution in [2.24, 2.45) is 5.73 Å². The zero-order chi connectivity index (χ0) is 14.8. The minimum atomic E-state index is 0.692. The van der Waals surface area contributed by atoms with Crippen molar-refractivity contribution in [1.29, 1.82) is 0 Å². The highest BCUT2D eigenvalue weighted by molar-refractivity contribution is 5.84. The molecule has 3 aromatic rings. The van der Waals surface area contributed by atoms with Gasteiger partial charge in [0.2, 0.25) is 0 Å². The predicted molar refractivity (Wildman–Crippen MR) is 89.7 cm³/mol. The van der Waals surface area contributed by atoms with Gasteiger partial charge >= 0.3 is 0 Å². The van der Waals surface area contributed by atoms with Crippen molar-refractivity contribution < 1.29 is 0 Å². The van der Waals surface area contributed by atoms with Gasteiger partial charge in [0, 0.05) is 23.6 Å². The summed E-state index contributed by atoms with van der Waals surface area (Å²) < 4.78 is 2.34. The molecule has 0 unspecified atom stereocenters. The molecule has 3 rings (SSSR count). The van der Waals surface area contributed by atoms with Crippen LogP contribution >= 0.6 is 0 Å². The van der Waals surface area contributed by atoms with Gasteiger partial charge in [0.15, 0.2) is 0 Å². The lowest BCUT2D eigenvalue weighted by Crippen LogP contribution is -2.02. The molecule has 0 amide bonds. The molecule has 0 radical (unpaired) electrons. The van der Waals surface area contributed by atoms with E-state index in [1.165, 1.54) is 33.2 Å². The normalized spacial score (nSPS) is 11.2. The first-order valence-electron chi connectivity index (χ1n) is 7.51. The van der Waals surface area contributed by atoms with Crippen LogP contribution in [0.2, 0.25) is 0 Å². The van der Waals surface area contributed by atoms with Crippen LogP contribution in [0.4, 0.5) is 0 Å². The summed E-state index contributed by atoms with van der Waals surface area (Å²) in [6, 6.07) is 15.3. The second-order valence-corrected chi connectivity index (χ2v) is 5.83.